The molecule has 3 N–H and O–H groups in total. The zero-order valence-electron chi connectivity index (χ0n) is 17.5. The first-order valence-electron chi connectivity index (χ1n) is 10.7. The minimum Gasteiger partial charge on any atom is -0.365 e. The lowest BCUT2D eigenvalue weighted by Crippen LogP contribution is -2.54. The van der Waals surface area contributed by atoms with Crippen LogP contribution in [0, 0.1) is 0 Å². The molecule has 2 heterocycles. The Bertz CT molecular complexity index is 854. The minimum absolute atomic E-state index is 0.0229. The van der Waals surface area contributed by atoms with E-state index in [4.69, 9.17) is 0 Å². The number of benzene rings is 1. The van der Waals surface area contributed by atoms with E-state index >= 15 is 0 Å². The van der Waals surface area contributed by atoms with Gasteiger partial charge in [0.15, 0.2) is 16.2 Å². The summed E-state index contributed by atoms with van der Waals surface area (Å²) in [5.74, 6) is -0.0723. The zero-order chi connectivity index (χ0) is 21.4. The van der Waals surface area contributed by atoms with Crippen LogP contribution in [0.4, 0.5) is 0 Å². The average molecular weight is 437 g/mol. The van der Waals surface area contributed by atoms with Crippen molar-refractivity contribution in [2.45, 2.75) is 43.1 Å². The molecule has 0 bridgehead atoms. The van der Waals surface area contributed by atoms with Gasteiger partial charge in [-0.25, -0.2) is 8.42 Å². The van der Waals surface area contributed by atoms with Crippen LogP contribution in [0.25, 0.3) is 0 Å². The van der Waals surface area contributed by atoms with Crippen molar-refractivity contribution in [3.05, 3.63) is 35.9 Å². The van der Waals surface area contributed by atoms with Crippen LogP contribution in [0.3, 0.4) is 0 Å². The number of sulfone groups is 1. The summed E-state index contributed by atoms with van der Waals surface area (Å²) in [5.41, 5.74) is 1.01. The number of hydrogen-bond acceptors (Lipinski definition) is 7. The molecule has 1 aromatic carbocycles. The summed E-state index contributed by atoms with van der Waals surface area (Å²) in [6, 6.07) is 10.5. The molecule has 1 amide bonds. The molecule has 2 saturated heterocycles. The van der Waals surface area contributed by atoms with E-state index in [1.807, 2.05) is 13.1 Å². The topological polar surface area (TPSA) is 102 Å². The highest BCUT2D eigenvalue weighted by Gasteiger charge is 2.49. The molecule has 1 aromatic rings. The first-order chi connectivity index (χ1) is 14.3. The number of nitrogens with zero attached hydrogens (tertiary/aromatic N) is 2. The van der Waals surface area contributed by atoms with Gasteiger partial charge in [0.25, 0.3) is 0 Å². The van der Waals surface area contributed by atoms with Crippen molar-refractivity contribution in [3.63, 3.8) is 0 Å². The Morgan fingerprint density at radius 1 is 1.17 bits per heavy atom. The molecule has 3 fully saturated rings. The fourth-order valence-corrected chi connectivity index (χ4v) is 6.36. The van der Waals surface area contributed by atoms with E-state index in [9.17, 15) is 18.3 Å². The molecule has 0 radical (unpaired) electrons. The third kappa shape index (κ3) is 4.27. The van der Waals surface area contributed by atoms with Crippen LogP contribution in [-0.2, 0) is 20.2 Å². The molecule has 1 aliphatic carbocycles. The first-order valence-corrected chi connectivity index (χ1v) is 12.5. The number of amides is 1. The number of aliphatic hydroxyl groups excluding tert-OH is 1. The van der Waals surface area contributed by atoms with Gasteiger partial charge in [0.1, 0.15) is 0 Å². The van der Waals surface area contributed by atoms with Crippen molar-refractivity contribution >= 4 is 15.7 Å². The van der Waals surface area contributed by atoms with Crippen LogP contribution in [0.2, 0.25) is 0 Å². The fourth-order valence-electron chi connectivity index (χ4n) is 5.16. The number of carbonyl (C=O) groups is 1. The van der Waals surface area contributed by atoms with Crippen LogP contribution >= 0.6 is 0 Å². The molecule has 0 aromatic heterocycles. The van der Waals surface area contributed by atoms with Crippen molar-refractivity contribution in [1.29, 1.82) is 0 Å². The molecule has 8 nitrogen and oxygen atoms in total. The summed E-state index contributed by atoms with van der Waals surface area (Å²) in [7, 11) is -1.02. The summed E-state index contributed by atoms with van der Waals surface area (Å²) in [6.45, 7) is 1.20. The van der Waals surface area contributed by atoms with Gasteiger partial charge in [-0.1, -0.05) is 30.3 Å². The van der Waals surface area contributed by atoms with Gasteiger partial charge < -0.3 is 15.3 Å². The number of carbonyl (C=O) groups excluding carboxylic acids is 1. The molecule has 3 aliphatic rings. The van der Waals surface area contributed by atoms with E-state index in [-0.39, 0.29) is 48.1 Å². The van der Waals surface area contributed by atoms with Crippen LogP contribution in [-0.4, -0.2) is 85.9 Å². The fraction of sp³-hybridized carbons (Fsp3) is 0.667. The highest BCUT2D eigenvalue weighted by molar-refractivity contribution is 7.91. The van der Waals surface area contributed by atoms with Gasteiger partial charge in [-0.15, -0.1) is 0 Å². The third-order valence-electron chi connectivity index (χ3n) is 7.19. The van der Waals surface area contributed by atoms with Gasteiger partial charge in [0.2, 0.25) is 5.91 Å². The Morgan fingerprint density at radius 2 is 1.80 bits per heavy atom. The summed E-state index contributed by atoms with van der Waals surface area (Å²) in [6.07, 6.45) is 2.82. The van der Waals surface area contributed by atoms with Crippen molar-refractivity contribution < 1.29 is 18.3 Å². The smallest absolute Gasteiger partial charge is 0.236 e. The Balaban J connectivity index is 1.37. The van der Waals surface area contributed by atoms with E-state index in [1.54, 1.807) is 9.80 Å². The first kappa shape index (κ1) is 21.7. The van der Waals surface area contributed by atoms with E-state index < -0.39 is 16.2 Å². The van der Waals surface area contributed by atoms with E-state index in [0.717, 1.165) is 25.7 Å². The van der Waals surface area contributed by atoms with Crippen LogP contribution in [0.5, 0.6) is 0 Å². The van der Waals surface area contributed by atoms with Crippen LogP contribution < -0.4 is 10.6 Å². The van der Waals surface area contributed by atoms with Gasteiger partial charge in [-0.05, 0) is 38.3 Å². The standard InChI is InChI=1S/C21H32N4O4S/c1-22-21(17-5-3-2-4-6-17)9-7-20(8-10-21)16-25(19(27)23-20)15-18(26)24-11-13-30(28,29)14-12-24/h2-6,19,22-23,27H,7-16H2,1H3. The highest BCUT2D eigenvalue weighted by Crippen LogP contribution is 2.43. The van der Waals surface area contributed by atoms with Gasteiger partial charge in [0, 0.05) is 30.7 Å². The highest BCUT2D eigenvalue weighted by atomic mass is 32.2. The molecule has 4 rings (SSSR count). The molecule has 1 unspecified atom stereocenters. The zero-order valence-corrected chi connectivity index (χ0v) is 18.3. The molecule has 9 heteroatoms. The second-order valence-corrected chi connectivity index (χ2v) is 11.2. The molecular weight excluding hydrogens is 404 g/mol. The molecular formula is C21H32N4O4S. The van der Waals surface area contributed by atoms with E-state index in [1.165, 1.54) is 5.56 Å². The summed E-state index contributed by atoms with van der Waals surface area (Å²) in [4.78, 5) is 16.0. The van der Waals surface area contributed by atoms with Crippen LogP contribution in [0.1, 0.15) is 31.2 Å². The number of hydrogen-bond donors (Lipinski definition) is 3. The van der Waals surface area contributed by atoms with Gasteiger partial charge in [-0.2, -0.15) is 0 Å². The normalized spacial score (nSPS) is 34.3. The summed E-state index contributed by atoms with van der Waals surface area (Å²) < 4.78 is 23.2. The maximum Gasteiger partial charge on any atom is 0.236 e. The lowest BCUT2D eigenvalue weighted by Gasteiger charge is -2.45. The second kappa shape index (κ2) is 8.20. The Morgan fingerprint density at radius 3 is 2.40 bits per heavy atom. The SMILES string of the molecule is CNC1(c2ccccc2)CCC2(CC1)CN(CC(=O)N1CCS(=O)(=O)CC1)C(O)N2. The van der Waals surface area contributed by atoms with E-state index in [2.05, 4.69) is 34.9 Å². The lowest BCUT2D eigenvalue weighted by atomic mass is 9.69. The number of aliphatic hydroxyl groups is 1. The van der Waals surface area contributed by atoms with Crippen molar-refractivity contribution in [2.24, 2.45) is 0 Å². The minimum atomic E-state index is -3.02. The Hall–Kier alpha value is -1.52. The average Bonchev–Trinajstić information content (AvgIpc) is 3.04. The Labute approximate surface area is 178 Å². The summed E-state index contributed by atoms with van der Waals surface area (Å²) in [5, 5.41) is 17.4. The molecule has 1 spiro atoms. The largest absolute Gasteiger partial charge is 0.365 e. The van der Waals surface area contributed by atoms with Crippen molar-refractivity contribution in [2.75, 3.05) is 44.7 Å². The molecule has 30 heavy (non-hydrogen) atoms. The number of nitrogens with one attached hydrogen (secondary N) is 2. The van der Waals surface area contributed by atoms with Gasteiger partial charge in [-0.3, -0.25) is 15.0 Å². The Kier molecular flexibility index (Phi) is 5.93. The second-order valence-electron chi connectivity index (χ2n) is 8.93. The predicted molar refractivity (Wildman–Crippen MR) is 114 cm³/mol. The van der Waals surface area contributed by atoms with Crippen molar-refractivity contribution in [3.8, 4) is 0 Å². The molecule has 1 atom stereocenters. The van der Waals surface area contributed by atoms with Crippen LogP contribution in [0.15, 0.2) is 30.3 Å². The maximum atomic E-state index is 12.7. The maximum absolute atomic E-state index is 12.7. The van der Waals surface area contributed by atoms with Crippen molar-refractivity contribution in [1.82, 2.24) is 20.4 Å². The van der Waals surface area contributed by atoms with Gasteiger partial charge in [0.05, 0.1) is 18.1 Å². The molecule has 1 saturated carbocycles. The number of rotatable bonds is 4. The third-order valence-corrected chi connectivity index (χ3v) is 8.80. The molecule has 2 aliphatic heterocycles. The molecule has 166 valence electrons. The predicted octanol–water partition coefficient (Wildman–Crippen LogP) is -0.148. The van der Waals surface area contributed by atoms with E-state index in [0.29, 0.717) is 6.54 Å². The monoisotopic (exact) mass is 436 g/mol. The lowest BCUT2D eigenvalue weighted by molar-refractivity contribution is -0.134. The van der Waals surface area contributed by atoms with Gasteiger partial charge >= 0.3 is 0 Å². The summed E-state index contributed by atoms with van der Waals surface area (Å²) >= 11 is 0. The quantitative estimate of drug-likeness (QED) is 0.603.